The fourth-order valence-electron chi connectivity index (χ4n) is 1.38. The van der Waals surface area contributed by atoms with Crippen LogP contribution in [0, 0.1) is 5.82 Å². The molecule has 17 heavy (non-hydrogen) atoms. The van der Waals surface area contributed by atoms with Gasteiger partial charge in [0.05, 0.1) is 9.79 Å². The zero-order chi connectivity index (χ0) is 12.5. The van der Waals surface area contributed by atoms with Crippen molar-refractivity contribution in [2.24, 2.45) is 0 Å². The summed E-state index contributed by atoms with van der Waals surface area (Å²) < 4.78 is 36.9. The number of hydrogen-bond acceptors (Lipinski definition) is 3. The smallest absolute Gasteiger partial charge is 0.206 e. The molecule has 5 heteroatoms. The van der Waals surface area contributed by atoms with Gasteiger partial charge in [-0.05, 0) is 48.5 Å². The summed E-state index contributed by atoms with van der Waals surface area (Å²) in [7, 11) is -3.57. The summed E-state index contributed by atoms with van der Waals surface area (Å²) in [5.41, 5.74) is 0. The molecule has 0 spiro atoms. The first-order valence-corrected chi connectivity index (χ1v) is 6.73. The highest BCUT2D eigenvalue weighted by Gasteiger charge is 2.16. The van der Waals surface area contributed by atoms with E-state index < -0.39 is 15.7 Å². The van der Waals surface area contributed by atoms with Crippen molar-refractivity contribution in [2.45, 2.75) is 14.7 Å². The zero-order valence-electron chi connectivity index (χ0n) is 8.67. The third-order valence-electron chi connectivity index (χ3n) is 2.27. The fraction of sp³-hybridized carbons (Fsp3) is 0. The maximum atomic E-state index is 12.7. The highest BCUT2D eigenvalue weighted by Crippen LogP contribution is 2.21. The van der Waals surface area contributed by atoms with Gasteiger partial charge < -0.3 is 0 Å². The molecule has 88 valence electrons. The predicted molar refractivity (Wildman–Crippen MR) is 65.5 cm³/mol. The van der Waals surface area contributed by atoms with E-state index in [1.54, 1.807) is 12.1 Å². The SMILES string of the molecule is O=S(=O)(c1ccc(F)cc1)c1ccc(S)cc1. The number of thiol groups is 1. The van der Waals surface area contributed by atoms with Crippen molar-refractivity contribution >= 4 is 22.5 Å². The molecule has 0 aliphatic rings. The molecule has 0 atom stereocenters. The van der Waals surface area contributed by atoms with Gasteiger partial charge in [0.25, 0.3) is 0 Å². The molecule has 2 aromatic carbocycles. The molecular formula is C12H9FO2S2. The van der Waals surface area contributed by atoms with Crippen molar-refractivity contribution in [1.82, 2.24) is 0 Å². The topological polar surface area (TPSA) is 34.1 Å². The van der Waals surface area contributed by atoms with Crippen LogP contribution in [0.25, 0.3) is 0 Å². The molecule has 0 aromatic heterocycles. The summed E-state index contributed by atoms with van der Waals surface area (Å²) in [5, 5.41) is 0. The Morgan fingerprint density at radius 1 is 0.824 bits per heavy atom. The number of benzene rings is 2. The molecule has 0 amide bonds. The fourth-order valence-corrected chi connectivity index (χ4v) is 2.79. The van der Waals surface area contributed by atoms with E-state index in [0.717, 1.165) is 12.1 Å². The number of rotatable bonds is 2. The lowest BCUT2D eigenvalue weighted by Gasteiger charge is -2.04. The molecule has 0 unspecified atom stereocenters. The van der Waals surface area contributed by atoms with Crippen LogP contribution in [0.4, 0.5) is 4.39 Å². The van der Waals surface area contributed by atoms with E-state index in [1.165, 1.54) is 24.3 Å². The summed E-state index contributed by atoms with van der Waals surface area (Å²) in [6, 6.07) is 10.9. The normalized spacial score (nSPS) is 11.4. The van der Waals surface area contributed by atoms with Gasteiger partial charge in [-0.2, -0.15) is 0 Å². The van der Waals surface area contributed by atoms with Crippen LogP contribution in [0.5, 0.6) is 0 Å². The van der Waals surface area contributed by atoms with Gasteiger partial charge in [0.2, 0.25) is 9.84 Å². The molecule has 0 heterocycles. The van der Waals surface area contributed by atoms with Crippen LogP contribution in [0.1, 0.15) is 0 Å². The van der Waals surface area contributed by atoms with E-state index in [1.807, 2.05) is 0 Å². The van der Waals surface area contributed by atoms with Crippen LogP contribution in [-0.2, 0) is 9.84 Å². The minimum Gasteiger partial charge on any atom is -0.219 e. The Bertz CT molecular complexity index is 565. The summed E-state index contributed by atoms with van der Waals surface area (Å²) in [4.78, 5) is 0.927. The molecular weight excluding hydrogens is 259 g/mol. The highest BCUT2D eigenvalue weighted by molar-refractivity contribution is 7.91. The van der Waals surface area contributed by atoms with Crippen molar-refractivity contribution in [1.29, 1.82) is 0 Å². The minimum atomic E-state index is -3.57. The van der Waals surface area contributed by atoms with Crippen molar-refractivity contribution in [2.75, 3.05) is 0 Å². The summed E-state index contributed by atoms with van der Waals surface area (Å²) in [6.07, 6.45) is 0. The third-order valence-corrected chi connectivity index (χ3v) is 4.35. The van der Waals surface area contributed by atoms with Gasteiger partial charge in [-0.1, -0.05) is 0 Å². The Morgan fingerprint density at radius 2 is 1.24 bits per heavy atom. The van der Waals surface area contributed by atoms with E-state index in [-0.39, 0.29) is 9.79 Å². The second kappa shape index (κ2) is 4.50. The maximum absolute atomic E-state index is 12.7. The number of hydrogen-bond donors (Lipinski definition) is 1. The Hall–Kier alpha value is -1.33. The summed E-state index contributed by atoms with van der Waals surface area (Å²) in [5.74, 6) is -0.463. The monoisotopic (exact) mass is 268 g/mol. The van der Waals surface area contributed by atoms with Crippen LogP contribution in [-0.4, -0.2) is 8.42 Å². The van der Waals surface area contributed by atoms with Crippen molar-refractivity contribution in [3.8, 4) is 0 Å². The lowest BCUT2D eigenvalue weighted by atomic mass is 10.3. The van der Waals surface area contributed by atoms with Gasteiger partial charge in [0, 0.05) is 4.90 Å². The third kappa shape index (κ3) is 2.50. The average molecular weight is 268 g/mol. The van der Waals surface area contributed by atoms with E-state index in [2.05, 4.69) is 12.6 Å². The molecule has 0 N–H and O–H groups in total. The van der Waals surface area contributed by atoms with Gasteiger partial charge in [0.15, 0.2) is 0 Å². The highest BCUT2D eigenvalue weighted by atomic mass is 32.2. The molecule has 2 nitrogen and oxygen atoms in total. The van der Waals surface area contributed by atoms with Crippen molar-refractivity contribution in [3.05, 3.63) is 54.3 Å². The molecule has 0 saturated heterocycles. The number of halogens is 1. The van der Waals surface area contributed by atoms with E-state index in [0.29, 0.717) is 4.90 Å². The summed E-state index contributed by atoms with van der Waals surface area (Å²) >= 11 is 4.08. The van der Waals surface area contributed by atoms with Crippen LogP contribution >= 0.6 is 12.6 Å². The zero-order valence-corrected chi connectivity index (χ0v) is 10.4. The quantitative estimate of drug-likeness (QED) is 0.671. The Labute approximate surface area is 104 Å². The Morgan fingerprint density at radius 3 is 1.71 bits per heavy atom. The van der Waals surface area contributed by atoms with Crippen LogP contribution < -0.4 is 0 Å². The molecule has 0 aliphatic carbocycles. The maximum Gasteiger partial charge on any atom is 0.206 e. The first kappa shape index (κ1) is 12.1. The first-order chi connectivity index (χ1) is 8.00. The first-order valence-electron chi connectivity index (χ1n) is 4.80. The van der Waals surface area contributed by atoms with E-state index >= 15 is 0 Å². The van der Waals surface area contributed by atoms with Crippen LogP contribution in [0.3, 0.4) is 0 Å². The molecule has 0 fully saturated rings. The Balaban J connectivity index is 2.50. The van der Waals surface area contributed by atoms with Gasteiger partial charge in [-0.15, -0.1) is 12.6 Å². The van der Waals surface area contributed by atoms with Gasteiger partial charge in [-0.25, -0.2) is 12.8 Å². The molecule has 0 bridgehead atoms. The van der Waals surface area contributed by atoms with Gasteiger partial charge in [0.1, 0.15) is 5.82 Å². The predicted octanol–water partition coefficient (Wildman–Crippen LogP) is 2.95. The standard InChI is InChI=1S/C12H9FO2S2/c13-9-1-5-11(6-2-9)17(14,15)12-7-3-10(16)4-8-12/h1-8,16H. The lowest BCUT2D eigenvalue weighted by Crippen LogP contribution is -2.01. The van der Waals surface area contributed by atoms with Gasteiger partial charge >= 0.3 is 0 Å². The Kier molecular flexibility index (Phi) is 3.22. The summed E-state index contributed by atoms with van der Waals surface area (Å²) in [6.45, 7) is 0. The van der Waals surface area contributed by atoms with Crippen LogP contribution in [0.15, 0.2) is 63.2 Å². The van der Waals surface area contributed by atoms with Crippen molar-refractivity contribution in [3.63, 3.8) is 0 Å². The molecule has 2 rings (SSSR count). The largest absolute Gasteiger partial charge is 0.219 e. The second-order valence-electron chi connectivity index (χ2n) is 3.45. The molecule has 0 saturated carbocycles. The lowest BCUT2D eigenvalue weighted by molar-refractivity contribution is 0.594. The number of sulfone groups is 1. The van der Waals surface area contributed by atoms with E-state index in [9.17, 15) is 12.8 Å². The van der Waals surface area contributed by atoms with Crippen LogP contribution in [0.2, 0.25) is 0 Å². The molecule has 2 aromatic rings. The van der Waals surface area contributed by atoms with Crippen molar-refractivity contribution < 1.29 is 12.8 Å². The minimum absolute atomic E-state index is 0.0748. The van der Waals surface area contributed by atoms with Gasteiger partial charge in [-0.3, -0.25) is 0 Å². The molecule has 0 radical (unpaired) electrons. The molecule has 0 aliphatic heterocycles. The second-order valence-corrected chi connectivity index (χ2v) is 5.92. The average Bonchev–Trinajstić information content (AvgIpc) is 2.30. The van der Waals surface area contributed by atoms with E-state index in [4.69, 9.17) is 0 Å².